The lowest BCUT2D eigenvalue weighted by Gasteiger charge is -2.11. The fourth-order valence-corrected chi connectivity index (χ4v) is 1.25. The van der Waals surface area contributed by atoms with Gasteiger partial charge in [-0.3, -0.25) is 0 Å². The van der Waals surface area contributed by atoms with E-state index in [9.17, 15) is 0 Å². The number of halogens is 1. The van der Waals surface area contributed by atoms with Crippen LogP contribution in [0.25, 0.3) is 0 Å². The van der Waals surface area contributed by atoms with Crippen LogP contribution >= 0.6 is 11.6 Å². The zero-order valence-electron chi connectivity index (χ0n) is 8.00. The highest BCUT2D eigenvalue weighted by molar-refractivity contribution is 6.32. The van der Waals surface area contributed by atoms with Crippen LogP contribution in [-0.2, 0) is 0 Å². The maximum absolute atomic E-state index is 8.60. The first-order chi connectivity index (χ1) is 6.79. The van der Waals surface area contributed by atoms with Crippen LogP contribution in [0.3, 0.4) is 0 Å². The second kappa shape index (κ2) is 5.73. The summed E-state index contributed by atoms with van der Waals surface area (Å²) in [7, 11) is 1.56. The molecular weight excluding hydrogens is 204 g/mol. The lowest BCUT2D eigenvalue weighted by atomic mass is 10.3. The first kappa shape index (κ1) is 11.1. The van der Waals surface area contributed by atoms with Gasteiger partial charge in [-0.25, -0.2) is 0 Å². The Kier molecular flexibility index (Phi) is 4.56. The van der Waals surface area contributed by atoms with Crippen molar-refractivity contribution >= 4 is 11.6 Å². The molecule has 1 rings (SSSR count). The summed E-state index contributed by atoms with van der Waals surface area (Å²) in [5.41, 5.74) is 0. The minimum absolute atomic E-state index is 0.104. The Balaban J connectivity index is 2.72. The minimum Gasteiger partial charge on any atom is -0.493 e. The molecular formula is C10H13ClO3. The lowest BCUT2D eigenvalue weighted by Crippen LogP contribution is -2.01. The molecule has 0 atom stereocenters. The van der Waals surface area contributed by atoms with Gasteiger partial charge < -0.3 is 14.6 Å². The predicted octanol–water partition coefficient (Wildman–Crippen LogP) is 2.11. The first-order valence-electron chi connectivity index (χ1n) is 4.35. The molecule has 78 valence electrons. The monoisotopic (exact) mass is 216 g/mol. The number of rotatable bonds is 5. The van der Waals surface area contributed by atoms with Crippen LogP contribution in [-0.4, -0.2) is 25.4 Å². The van der Waals surface area contributed by atoms with Crippen molar-refractivity contribution in [2.75, 3.05) is 20.3 Å². The van der Waals surface area contributed by atoms with Crippen molar-refractivity contribution < 1.29 is 14.6 Å². The number of aliphatic hydroxyl groups excluding tert-OH is 1. The van der Waals surface area contributed by atoms with Crippen molar-refractivity contribution in [3.8, 4) is 11.5 Å². The quantitative estimate of drug-likeness (QED) is 0.767. The molecule has 0 saturated heterocycles. The Morgan fingerprint density at radius 2 is 2.21 bits per heavy atom. The summed E-state index contributed by atoms with van der Waals surface area (Å²) >= 11 is 5.92. The van der Waals surface area contributed by atoms with Gasteiger partial charge in [-0.2, -0.15) is 0 Å². The van der Waals surface area contributed by atoms with E-state index in [4.69, 9.17) is 26.2 Å². The third kappa shape index (κ3) is 2.79. The Bertz CT molecular complexity index is 289. The molecule has 0 aromatic heterocycles. The van der Waals surface area contributed by atoms with Crippen molar-refractivity contribution in [1.29, 1.82) is 0 Å². The molecule has 0 aliphatic heterocycles. The van der Waals surface area contributed by atoms with Gasteiger partial charge in [0.2, 0.25) is 0 Å². The fourth-order valence-electron chi connectivity index (χ4n) is 1.03. The lowest BCUT2D eigenvalue weighted by molar-refractivity contribution is 0.228. The Hall–Kier alpha value is -0.930. The van der Waals surface area contributed by atoms with Crippen LogP contribution in [0.5, 0.6) is 11.5 Å². The van der Waals surface area contributed by atoms with Gasteiger partial charge in [-0.15, -0.1) is 0 Å². The van der Waals surface area contributed by atoms with Crippen LogP contribution in [0.2, 0.25) is 5.02 Å². The molecule has 0 aliphatic rings. The van der Waals surface area contributed by atoms with Crippen LogP contribution in [0.15, 0.2) is 18.2 Å². The largest absolute Gasteiger partial charge is 0.493 e. The highest BCUT2D eigenvalue weighted by Gasteiger charge is 2.07. The number of hydrogen-bond acceptors (Lipinski definition) is 3. The molecule has 0 fully saturated rings. The molecule has 3 nitrogen and oxygen atoms in total. The zero-order valence-corrected chi connectivity index (χ0v) is 8.75. The van der Waals surface area contributed by atoms with Crippen LogP contribution < -0.4 is 9.47 Å². The molecule has 14 heavy (non-hydrogen) atoms. The molecule has 0 radical (unpaired) electrons. The molecule has 0 amide bonds. The molecule has 0 heterocycles. The van der Waals surface area contributed by atoms with E-state index in [1.807, 2.05) is 0 Å². The number of hydrogen-bond donors (Lipinski definition) is 1. The summed E-state index contributed by atoms with van der Waals surface area (Å²) in [6.07, 6.45) is 0.578. The molecule has 0 aliphatic carbocycles. The average molecular weight is 217 g/mol. The summed E-state index contributed by atoms with van der Waals surface area (Å²) in [6, 6.07) is 5.30. The molecule has 1 aromatic rings. The first-order valence-corrected chi connectivity index (χ1v) is 4.73. The summed E-state index contributed by atoms with van der Waals surface area (Å²) in [5.74, 6) is 1.14. The molecule has 1 N–H and O–H groups in total. The Morgan fingerprint density at radius 3 is 2.86 bits per heavy atom. The second-order valence-electron chi connectivity index (χ2n) is 2.70. The number of para-hydroxylation sites is 1. The van der Waals surface area contributed by atoms with Gasteiger partial charge in [0, 0.05) is 13.0 Å². The van der Waals surface area contributed by atoms with E-state index >= 15 is 0 Å². The van der Waals surface area contributed by atoms with Crippen LogP contribution in [0.1, 0.15) is 6.42 Å². The Morgan fingerprint density at radius 1 is 1.43 bits per heavy atom. The molecule has 4 heteroatoms. The second-order valence-corrected chi connectivity index (χ2v) is 3.10. The summed E-state index contributed by atoms with van der Waals surface area (Å²) in [4.78, 5) is 0. The fraction of sp³-hybridized carbons (Fsp3) is 0.400. The van der Waals surface area contributed by atoms with Gasteiger partial charge in [-0.05, 0) is 12.1 Å². The maximum atomic E-state index is 8.60. The molecule has 0 saturated carbocycles. The molecule has 0 spiro atoms. The number of ether oxygens (including phenoxy) is 2. The van der Waals surface area contributed by atoms with E-state index in [1.165, 1.54) is 0 Å². The Labute approximate surface area is 88.2 Å². The number of methoxy groups -OCH3 is 1. The van der Waals surface area contributed by atoms with E-state index < -0.39 is 0 Å². The van der Waals surface area contributed by atoms with Gasteiger partial charge in [0.1, 0.15) is 0 Å². The normalized spacial score (nSPS) is 9.93. The number of aliphatic hydroxyl groups is 1. The van der Waals surface area contributed by atoms with Crippen molar-refractivity contribution in [2.45, 2.75) is 6.42 Å². The SMILES string of the molecule is COc1cccc(Cl)c1OCCCO. The topological polar surface area (TPSA) is 38.7 Å². The van der Waals surface area contributed by atoms with Gasteiger partial charge in [0.05, 0.1) is 18.7 Å². The smallest absolute Gasteiger partial charge is 0.179 e. The molecule has 0 unspecified atom stereocenters. The van der Waals surface area contributed by atoms with E-state index in [2.05, 4.69) is 0 Å². The van der Waals surface area contributed by atoms with Gasteiger partial charge in [0.25, 0.3) is 0 Å². The summed E-state index contributed by atoms with van der Waals surface area (Å²) in [5, 5.41) is 9.11. The average Bonchev–Trinajstić information content (AvgIpc) is 2.20. The van der Waals surface area contributed by atoms with Crippen molar-refractivity contribution in [1.82, 2.24) is 0 Å². The maximum Gasteiger partial charge on any atom is 0.179 e. The summed E-state index contributed by atoms with van der Waals surface area (Å²) < 4.78 is 10.5. The van der Waals surface area contributed by atoms with Crippen molar-refractivity contribution in [3.05, 3.63) is 23.2 Å². The zero-order chi connectivity index (χ0) is 10.4. The van der Waals surface area contributed by atoms with E-state index in [-0.39, 0.29) is 6.61 Å². The van der Waals surface area contributed by atoms with Gasteiger partial charge in [0.15, 0.2) is 11.5 Å². The van der Waals surface area contributed by atoms with E-state index in [0.29, 0.717) is 29.5 Å². The highest BCUT2D eigenvalue weighted by Crippen LogP contribution is 2.34. The van der Waals surface area contributed by atoms with Gasteiger partial charge >= 0.3 is 0 Å². The predicted molar refractivity (Wildman–Crippen MR) is 55.2 cm³/mol. The van der Waals surface area contributed by atoms with E-state index in [0.717, 1.165) is 0 Å². The van der Waals surface area contributed by atoms with E-state index in [1.54, 1.807) is 25.3 Å². The van der Waals surface area contributed by atoms with Crippen molar-refractivity contribution in [2.24, 2.45) is 0 Å². The highest BCUT2D eigenvalue weighted by atomic mass is 35.5. The third-order valence-electron chi connectivity index (χ3n) is 1.70. The van der Waals surface area contributed by atoms with Crippen molar-refractivity contribution in [3.63, 3.8) is 0 Å². The minimum atomic E-state index is 0.104. The summed E-state index contributed by atoms with van der Waals surface area (Å²) in [6.45, 7) is 0.531. The van der Waals surface area contributed by atoms with Gasteiger partial charge in [-0.1, -0.05) is 17.7 Å². The van der Waals surface area contributed by atoms with Crippen LogP contribution in [0, 0.1) is 0 Å². The number of benzene rings is 1. The molecule has 0 bridgehead atoms. The standard InChI is InChI=1S/C10H13ClO3/c1-13-9-5-2-4-8(11)10(9)14-7-3-6-12/h2,4-5,12H,3,6-7H2,1H3. The third-order valence-corrected chi connectivity index (χ3v) is 2.00. The van der Waals surface area contributed by atoms with Crippen LogP contribution in [0.4, 0.5) is 0 Å². The molecule has 1 aromatic carbocycles.